The Morgan fingerprint density at radius 3 is 2.59 bits per heavy atom. The molecule has 3 aromatic rings. The first kappa shape index (κ1) is 17.5. The Hall–Kier alpha value is -2.86. The molecule has 2 amide bonds. The number of rotatable bonds is 3. The van der Waals surface area contributed by atoms with Crippen LogP contribution >= 0.6 is 11.6 Å². The molecule has 2 aromatic carbocycles. The van der Waals surface area contributed by atoms with Gasteiger partial charge in [-0.15, -0.1) is 0 Å². The van der Waals surface area contributed by atoms with E-state index in [4.69, 9.17) is 16.0 Å². The molecule has 0 unspecified atom stereocenters. The second-order valence-electron chi connectivity index (χ2n) is 6.55. The molecule has 2 heterocycles. The molecular formula is C20H18ClN3O3. The lowest BCUT2D eigenvalue weighted by molar-refractivity contribution is -0.121. The van der Waals surface area contributed by atoms with Crippen LogP contribution in [-0.2, 0) is 4.79 Å². The Balaban J connectivity index is 1.36. The monoisotopic (exact) mass is 383 g/mol. The number of nitrogens with one attached hydrogen (secondary N) is 1. The molecule has 1 aliphatic rings. The summed E-state index contributed by atoms with van der Waals surface area (Å²) < 4.78 is 5.54. The number of fused-ring (bicyclic) bond motifs is 1. The van der Waals surface area contributed by atoms with E-state index in [9.17, 15) is 9.59 Å². The highest BCUT2D eigenvalue weighted by molar-refractivity contribution is 6.31. The van der Waals surface area contributed by atoms with Gasteiger partial charge in [0.15, 0.2) is 5.58 Å². The van der Waals surface area contributed by atoms with Crippen LogP contribution in [0, 0.1) is 5.92 Å². The number of amides is 2. The van der Waals surface area contributed by atoms with Crippen molar-refractivity contribution >= 4 is 40.5 Å². The van der Waals surface area contributed by atoms with Gasteiger partial charge in [-0.3, -0.25) is 14.9 Å². The van der Waals surface area contributed by atoms with Crippen molar-refractivity contribution in [3.63, 3.8) is 0 Å². The van der Waals surface area contributed by atoms with Gasteiger partial charge in [-0.1, -0.05) is 29.8 Å². The Morgan fingerprint density at radius 1 is 1.11 bits per heavy atom. The molecular weight excluding hydrogens is 366 g/mol. The molecule has 0 saturated carbocycles. The maximum Gasteiger partial charge on any atom is 0.302 e. The van der Waals surface area contributed by atoms with Gasteiger partial charge in [-0.25, -0.2) is 0 Å². The summed E-state index contributed by atoms with van der Waals surface area (Å²) in [5.41, 5.74) is 1.84. The van der Waals surface area contributed by atoms with Crippen molar-refractivity contribution in [2.45, 2.75) is 12.8 Å². The number of carbonyl (C=O) groups excluding carboxylic acids is 2. The van der Waals surface area contributed by atoms with Crippen LogP contribution in [0.25, 0.3) is 11.1 Å². The zero-order valence-electron chi connectivity index (χ0n) is 14.5. The summed E-state index contributed by atoms with van der Waals surface area (Å²) in [5.74, 6) is -0.312. The van der Waals surface area contributed by atoms with Gasteiger partial charge < -0.3 is 9.32 Å². The predicted octanol–water partition coefficient (Wildman–Crippen LogP) is 3.97. The van der Waals surface area contributed by atoms with Gasteiger partial charge in [0.2, 0.25) is 5.91 Å². The van der Waals surface area contributed by atoms with E-state index in [0.29, 0.717) is 47.6 Å². The highest BCUT2D eigenvalue weighted by Crippen LogP contribution is 2.24. The van der Waals surface area contributed by atoms with Crippen molar-refractivity contribution in [2.24, 2.45) is 5.92 Å². The van der Waals surface area contributed by atoms with Gasteiger partial charge >= 0.3 is 6.01 Å². The maximum absolute atomic E-state index is 12.5. The molecule has 6 nitrogen and oxygen atoms in total. The topological polar surface area (TPSA) is 75.4 Å². The van der Waals surface area contributed by atoms with Gasteiger partial charge in [-0.2, -0.15) is 4.98 Å². The molecule has 1 aliphatic heterocycles. The lowest BCUT2D eigenvalue weighted by atomic mass is 9.95. The minimum absolute atomic E-state index is 0.00490. The molecule has 0 spiro atoms. The smallest absolute Gasteiger partial charge is 0.302 e. The second kappa shape index (κ2) is 7.40. The first-order valence-corrected chi connectivity index (χ1v) is 9.19. The Bertz CT molecular complexity index is 979. The Kier molecular flexibility index (Phi) is 4.81. The van der Waals surface area contributed by atoms with Crippen molar-refractivity contribution in [3.05, 3.63) is 59.1 Å². The number of halogens is 1. The van der Waals surface area contributed by atoms with Gasteiger partial charge in [0, 0.05) is 29.6 Å². The van der Waals surface area contributed by atoms with Crippen LogP contribution in [0.5, 0.6) is 0 Å². The number of piperidine rings is 1. The summed E-state index contributed by atoms with van der Waals surface area (Å²) in [6, 6.07) is 14.5. The lowest BCUT2D eigenvalue weighted by Crippen LogP contribution is -2.41. The van der Waals surface area contributed by atoms with Crippen molar-refractivity contribution in [1.29, 1.82) is 0 Å². The number of nitrogens with zero attached hydrogens (tertiary/aromatic N) is 2. The molecule has 1 fully saturated rings. The van der Waals surface area contributed by atoms with Crippen LogP contribution in [0.4, 0.5) is 6.01 Å². The average Bonchev–Trinajstić information content (AvgIpc) is 3.09. The molecule has 1 aromatic heterocycles. The van der Waals surface area contributed by atoms with E-state index in [2.05, 4.69) is 10.3 Å². The van der Waals surface area contributed by atoms with Crippen LogP contribution in [-0.4, -0.2) is 34.8 Å². The number of aromatic nitrogens is 1. The number of hydrogen-bond donors (Lipinski definition) is 1. The maximum atomic E-state index is 12.5. The summed E-state index contributed by atoms with van der Waals surface area (Å²) >= 11 is 5.94. The zero-order valence-corrected chi connectivity index (χ0v) is 15.3. The van der Waals surface area contributed by atoms with E-state index in [1.807, 2.05) is 18.2 Å². The van der Waals surface area contributed by atoms with E-state index in [-0.39, 0.29) is 23.7 Å². The molecule has 0 bridgehead atoms. The molecule has 0 radical (unpaired) electrons. The minimum atomic E-state index is -0.177. The highest BCUT2D eigenvalue weighted by atomic mass is 35.5. The highest BCUT2D eigenvalue weighted by Gasteiger charge is 2.28. The normalized spacial score (nSPS) is 15.1. The number of anilines is 1. The molecule has 0 aliphatic carbocycles. The number of likely N-dealkylation sites (tertiary alicyclic amines) is 1. The molecule has 4 rings (SSSR count). The molecule has 138 valence electrons. The SMILES string of the molecule is O=C(Nc1nc2cc(Cl)ccc2o1)C1CCN(C(=O)c2ccccc2)CC1. The lowest BCUT2D eigenvalue weighted by Gasteiger charge is -2.31. The van der Waals surface area contributed by atoms with Crippen molar-refractivity contribution in [1.82, 2.24) is 9.88 Å². The summed E-state index contributed by atoms with van der Waals surface area (Å²) in [5, 5.41) is 3.29. The van der Waals surface area contributed by atoms with Crippen molar-refractivity contribution in [2.75, 3.05) is 18.4 Å². The third-order valence-electron chi connectivity index (χ3n) is 4.75. The molecule has 7 heteroatoms. The van der Waals surface area contributed by atoms with Gasteiger partial charge in [0.25, 0.3) is 5.91 Å². The predicted molar refractivity (Wildman–Crippen MR) is 103 cm³/mol. The summed E-state index contributed by atoms with van der Waals surface area (Å²) in [4.78, 5) is 31.0. The van der Waals surface area contributed by atoms with Crippen LogP contribution in [0.1, 0.15) is 23.2 Å². The summed E-state index contributed by atoms with van der Waals surface area (Å²) in [6.45, 7) is 1.10. The van der Waals surface area contributed by atoms with Gasteiger partial charge in [-0.05, 0) is 43.2 Å². The number of hydrogen-bond acceptors (Lipinski definition) is 4. The molecule has 27 heavy (non-hydrogen) atoms. The molecule has 0 atom stereocenters. The van der Waals surface area contributed by atoms with Gasteiger partial charge in [0.05, 0.1) is 0 Å². The van der Waals surface area contributed by atoms with E-state index in [1.165, 1.54) is 0 Å². The zero-order chi connectivity index (χ0) is 18.8. The fourth-order valence-corrected chi connectivity index (χ4v) is 3.44. The third kappa shape index (κ3) is 3.80. The summed E-state index contributed by atoms with van der Waals surface area (Å²) in [6.07, 6.45) is 1.22. The van der Waals surface area contributed by atoms with E-state index in [1.54, 1.807) is 35.2 Å². The van der Waals surface area contributed by atoms with E-state index >= 15 is 0 Å². The quantitative estimate of drug-likeness (QED) is 0.742. The molecule has 1 saturated heterocycles. The number of carbonyl (C=O) groups is 2. The Morgan fingerprint density at radius 2 is 1.85 bits per heavy atom. The van der Waals surface area contributed by atoms with Crippen LogP contribution in [0.15, 0.2) is 52.9 Å². The first-order valence-electron chi connectivity index (χ1n) is 8.81. The molecule has 1 N–H and O–H groups in total. The van der Waals surface area contributed by atoms with E-state index in [0.717, 1.165) is 0 Å². The third-order valence-corrected chi connectivity index (χ3v) is 4.99. The summed E-state index contributed by atoms with van der Waals surface area (Å²) in [7, 11) is 0. The largest absolute Gasteiger partial charge is 0.423 e. The number of oxazole rings is 1. The fourth-order valence-electron chi connectivity index (χ4n) is 3.27. The van der Waals surface area contributed by atoms with Crippen LogP contribution < -0.4 is 5.32 Å². The Labute approximate surface area is 161 Å². The first-order chi connectivity index (χ1) is 13.1. The van der Waals surface area contributed by atoms with Crippen molar-refractivity contribution in [3.8, 4) is 0 Å². The van der Waals surface area contributed by atoms with Crippen LogP contribution in [0.3, 0.4) is 0 Å². The standard InChI is InChI=1S/C20H18ClN3O3/c21-15-6-7-17-16(12-15)22-20(27-17)23-18(25)13-8-10-24(11-9-13)19(26)14-4-2-1-3-5-14/h1-7,12-13H,8-11H2,(H,22,23,25). The minimum Gasteiger partial charge on any atom is -0.423 e. The fraction of sp³-hybridized carbons (Fsp3) is 0.250. The van der Waals surface area contributed by atoms with Crippen molar-refractivity contribution < 1.29 is 14.0 Å². The number of benzene rings is 2. The van der Waals surface area contributed by atoms with Crippen LogP contribution in [0.2, 0.25) is 5.02 Å². The van der Waals surface area contributed by atoms with E-state index < -0.39 is 0 Å². The average molecular weight is 384 g/mol. The second-order valence-corrected chi connectivity index (χ2v) is 6.99. The van der Waals surface area contributed by atoms with Gasteiger partial charge in [0.1, 0.15) is 5.52 Å².